The zero-order chi connectivity index (χ0) is 26.4. The first kappa shape index (κ1) is 27.1. The van der Waals surface area contributed by atoms with Crippen LogP contribution in [0.25, 0.3) is 0 Å². The molecule has 2 aliphatic heterocycles. The smallest absolute Gasteiger partial charge is 0.259 e. The summed E-state index contributed by atoms with van der Waals surface area (Å²) in [6.07, 6.45) is 3.51. The van der Waals surface area contributed by atoms with Crippen molar-refractivity contribution in [3.8, 4) is 17.7 Å². The Labute approximate surface area is 218 Å². The van der Waals surface area contributed by atoms with Gasteiger partial charge in [-0.2, -0.15) is 0 Å². The van der Waals surface area contributed by atoms with Crippen molar-refractivity contribution in [3.05, 3.63) is 59.0 Å². The Hall–Kier alpha value is -2.99. The molecule has 2 aromatic rings. The number of pyridine rings is 1. The van der Waals surface area contributed by atoms with Gasteiger partial charge >= 0.3 is 0 Å². The molecule has 4 rings (SSSR count). The summed E-state index contributed by atoms with van der Waals surface area (Å²) < 4.78 is 25.4. The van der Waals surface area contributed by atoms with Crippen LogP contribution >= 0.6 is 0 Å². The zero-order valence-corrected chi connectivity index (χ0v) is 21.8. The number of benzene rings is 1. The van der Waals surface area contributed by atoms with Gasteiger partial charge < -0.3 is 24.4 Å². The van der Waals surface area contributed by atoms with Gasteiger partial charge in [0.2, 0.25) is 5.88 Å². The Balaban J connectivity index is 1.60. The summed E-state index contributed by atoms with van der Waals surface area (Å²) in [5.74, 6) is 6.19. The van der Waals surface area contributed by atoms with Gasteiger partial charge in [0.05, 0.1) is 12.6 Å². The van der Waals surface area contributed by atoms with Crippen LogP contribution in [0.2, 0.25) is 0 Å². The van der Waals surface area contributed by atoms with Gasteiger partial charge in [-0.3, -0.25) is 4.79 Å². The lowest BCUT2D eigenvalue weighted by molar-refractivity contribution is 0.0254. The van der Waals surface area contributed by atoms with Crippen molar-refractivity contribution in [3.63, 3.8) is 0 Å². The maximum Gasteiger partial charge on any atom is 0.259 e. The quantitative estimate of drug-likeness (QED) is 0.603. The number of ether oxygens (including phenoxy) is 2. The van der Waals surface area contributed by atoms with Crippen LogP contribution in [-0.4, -0.2) is 84.4 Å². The normalized spacial score (nSPS) is 21.4. The van der Waals surface area contributed by atoms with Crippen LogP contribution in [0.3, 0.4) is 0 Å². The fraction of sp³-hybridized carbons (Fsp3) is 0.517. The van der Waals surface area contributed by atoms with Crippen molar-refractivity contribution < 1.29 is 23.8 Å². The van der Waals surface area contributed by atoms with Crippen LogP contribution in [0.5, 0.6) is 5.88 Å². The minimum Gasteiger partial charge on any atom is -0.472 e. The number of aliphatic hydroxyl groups is 1. The summed E-state index contributed by atoms with van der Waals surface area (Å²) in [7, 11) is 2.10. The van der Waals surface area contributed by atoms with E-state index in [0.29, 0.717) is 35.7 Å². The molecule has 0 saturated carbocycles. The van der Waals surface area contributed by atoms with E-state index in [-0.39, 0.29) is 42.3 Å². The third-order valence-corrected chi connectivity index (χ3v) is 7.10. The molecule has 0 aliphatic carbocycles. The molecule has 0 spiro atoms. The SMILES string of the molecule is C[C@H](CO)N1C[C@H](C)[C@H](CN(C)CC2CCOCC2)Oc2ncc(C#Cc3cccc(F)c3)cc2C1=O. The maximum absolute atomic E-state index is 13.6. The number of amides is 1. The van der Waals surface area contributed by atoms with Crippen LogP contribution in [0, 0.1) is 29.5 Å². The third kappa shape index (κ3) is 7.07. The second-order valence-electron chi connectivity index (χ2n) is 10.2. The van der Waals surface area contributed by atoms with Gasteiger partial charge in [-0.25, -0.2) is 9.37 Å². The highest BCUT2D eigenvalue weighted by molar-refractivity contribution is 5.97. The number of fused-ring (bicyclic) bond motifs is 1. The monoisotopic (exact) mass is 509 g/mol. The number of nitrogens with zero attached hydrogens (tertiary/aromatic N) is 3. The highest BCUT2D eigenvalue weighted by Gasteiger charge is 2.34. The van der Waals surface area contributed by atoms with Gasteiger partial charge in [-0.05, 0) is 57.0 Å². The van der Waals surface area contributed by atoms with E-state index in [4.69, 9.17) is 9.47 Å². The number of carbonyl (C=O) groups is 1. The van der Waals surface area contributed by atoms with Gasteiger partial charge in [0, 0.05) is 56.1 Å². The second-order valence-corrected chi connectivity index (χ2v) is 10.2. The minimum absolute atomic E-state index is 0.0254. The van der Waals surface area contributed by atoms with Crippen molar-refractivity contribution in [2.45, 2.75) is 38.8 Å². The maximum atomic E-state index is 13.6. The second kappa shape index (κ2) is 12.5. The Kier molecular flexibility index (Phi) is 9.14. The number of rotatable bonds is 6. The van der Waals surface area contributed by atoms with Crippen LogP contribution in [-0.2, 0) is 4.74 Å². The van der Waals surface area contributed by atoms with E-state index in [9.17, 15) is 14.3 Å². The number of hydrogen-bond acceptors (Lipinski definition) is 6. The molecule has 0 bridgehead atoms. The van der Waals surface area contributed by atoms with E-state index in [1.54, 1.807) is 29.3 Å². The predicted octanol–water partition coefficient (Wildman–Crippen LogP) is 3.20. The summed E-state index contributed by atoms with van der Waals surface area (Å²) in [4.78, 5) is 22.0. The lowest BCUT2D eigenvalue weighted by atomic mass is 9.97. The molecule has 1 amide bonds. The molecule has 1 aromatic carbocycles. The fourth-order valence-corrected chi connectivity index (χ4v) is 4.85. The molecule has 8 heteroatoms. The molecule has 2 aliphatic rings. The van der Waals surface area contributed by atoms with Crippen LogP contribution in [0.4, 0.5) is 4.39 Å². The lowest BCUT2D eigenvalue weighted by Gasteiger charge is -2.38. The predicted molar refractivity (Wildman–Crippen MR) is 139 cm³/mol. The Bertz CT molecular complexity index is 1140. The van der Waals surface area contributed by atoms with E-state index in [1.165, 1.54) is 12.1 Å². The molecule has 0 radical (unpaired) electrons. The molecule has 37 heavy (non-hydrogen) atoms. The summed E-state index contributed by atoms with van der Waals surface area (Å²) in [6, 6.07) is 7.36. The summed E-state index contributed by atoms with van der Waals surface area (Å²) in [5, 5.41) is 9.87. The summed E-state index contributed by atoms with van der Waals surface area (Å²) in [6.45, 7) is 7.49. The third-order valence-electron chi connectivity index (χ3n) is 7.10. The Morgan fingerprint density at radius 3 is 2.70 bits per heavy atom. The van der Waals surface area contributed by atoms with Crippen molar-refractivity contribution in [1.82, 2.24) is 14.8 Å². The molecule has 0 unspecified atom stereocenters. The number of halogens is 1. The molecule has 1 saturated heterocycles. The van der Waals surface area contributed by atoms with Crippen molar-refractivity contribution in [1.29, 1.82) is 0 Å². The van der Waals surface area contributed by atoms with E-state index >= 15 is 0 Å². The first-order valence-electron chi connectivity index (χ1n) is 13.0. The van der Waals surface area contributed by atoms with Crippen molar-refractivity contribution in [2.75, 3.05) is 46.5 Å². The summed E-state index contributed by atoms with van der Waals surface area (Å²) in [5.41, 5.74) is 1.37. The molecule has 3 atom stereocenters. The Morgan fingerprint density at radius 1 is 1.22 bits per heavy atom. The molecule has 3 heterocycles. The largest absolute Gasteiger partial charge is 0.472 e. The number of hydrogen-bond donors (Lipinski definition) is 1. The van der Waals surface area contributed by atoms with Gasteiger partial charge in [0.25, 0.3) is 5.91 Å². The molecule has 7 nitrogen and oxygen atoms in total. The van der Waals surface area contributed by atoms with Crippen molar-refractivity contribution in [2.24, 2.45) is 11.8 Å². The van der Waals surface area contributed by atoms with Crippen molar-refractivity contribution >= 4 is 5.91 Å². The first-order chi connectivity index (χ1) is 17.8. The van der Waals surface area contributed by atoms with Crippen LogP contribution in [0.1, 0.15) is 48.2 Å². The van der Waals surface area contributed by atoms with E-state index < -0.39 is 0 Å². The number of likely N-dealkylation sites (N-methyl/N-ethyl adjacent to an activating group) is 1. The zero-order valence-electron chi connectivity index (χ0n) is 21.8. The van der Waals surface area contributed by atoms with Gasteiger partial charge in [0.15, 0.2) is 0 Å². The highest BCUT2D eigenvalue weighted by Crippen LogP contribution is 2.27. The Morgan fingerprint density at radius 2 is 1.97 bits per heavy atom. The number of carbonyl (C=O) groups excluding carboxylic acids is 1. The summed E-state index contributed by atoms with van der Waals surface area (Å²) >= 11 is 0. The van der Waals surface area contributed by atoms with Gasteiger partial charge in [-0.15, -0.1) is 0 Å². The molecular weight excluding hydrogens is 473 g/mol. The lowest BCUT2D eigenvalue weighted by Crippen LogP contribution is -2.50. The standard InChI is InChI=1S/C29H36FN3O4/c1-20-16-33(21(2)19-34)29(35)26-14-24(8-7-22-5-4-6-25(30)13-22)15-31-28(26)37-27(20)18-32(3)17-23-9-11-36-12-10-23/h4-6,13-15,20-21,23,27,34H,9-12,16-19H2,1-3H3/t20-,21+,27-/m0/s1. The molecule has 1 fully saturated rings. The topological polar surface area (TPSA) is 75.1 Å². The number of aromatic nitrogens is 1. The molecule has 1 N–H and O–H groups in total. The van der Waals surface area contributed by atoms with E-state index in [0.717, 1.165) is 32.6 Å². The average molecular weight is 510 g/mol. The number of aliphatic hydroxyl groups excluding tert-OH is 1. The molecular formula is C29H36FN3O4. The van der Waals surface area contributed by atoms with E-state index in [1.807, 2.05) is 6.92 Å². The molecule has 198 valence electrons. The van der Waals surface area contributed by atoms with Crippen LogP contribution < -0.4 is 4.74 Å². The van der Waals surface area contributed by atoms with Gasteiger partial charge in [-0.1, -0.05) is 24.8 Å². The average Bonchev–Trinajstić information content (AvgIpc) is 2.89. The minimum atomic E-state index is -0.359. The van der Waals surface area contributed by atoms with E-state index in [2.05, 4.69) is 35.7 Å². The van der Waals surface area contributed by atoms with Gasteiger partial charge in [0.1, 0.15) is 17.5 Å². The highest BCUT2D eigenvalue weighted by atomic mass is 19.1. The fourth-order valence-electron chi connectivity index (χ4n) is 4.85. The molecule has 1 aromatic heterocycles. The van der Waals surface area contributed by atoms with Crippen LogP contribution in [0.15, 0.2) is 36.5 Å². The first-order valence-corrected chi connectivity index (χ1v) is 13.0.